The lowest BCUT2D eigenvalue weighted by molar-refractivity contribution is -0.129. The minimum Gasteiger partial charge on any atom is -0.357 e. The van der Waals surface area contributed by atoms with E-state index in [4.69, 9.17) is 0 Å². The molecule has 1 unspecified atom stereocenters. The van der Waals surface area contributed by atoms with E-state index in [1.165, 1.54) is 22.2 Å². The largest absolute Gasteiger partial charge is 0.357 e. The van der Waals surface area contributed by atoms with Gasteiger partial charge in [0.2, 0.25) is 5.91 Å². The predicted molar refractivity (Wildman–Crippen MR) is 85.1 cm³/mol. The SMILES string of the molecule is CN(C)C(=O)CC1(C)SCCc2c1[nH]c1ccccc21. The van der Waals surface area contributed by atoms with Gasteiger partial charge in [0.05, 0.1) is 4.75 Å². The van der Waals surface area contributed by atoms with Crippen LogP contribution in [0, 0.1) is 0 Å². The summed E-state index contributed by atoms with van der Waals surface area (Å²) in [7, 11) is 3.65. The van der Waals surface area contributed by atoms with Gasteiger partial charge in [-0.3, -0.25) is 4.79 Å². The van der Waals surface area contributed by atoms with E-state index in [2.05, 4.69) is 36.2 Å². The predicted octanol–water partition coefficient (Wildman–Crippen LogP) is 3.15. The van der Waals surface area contributed by atoms with Gasteiger partial charge in [-0.1, -0.05) is 18.2 Å². The van der Waals surface area contributed by atoms with Gasteiger partial charge >= 0.3 is 0 Å². The molecule has 106 valence electrons. The highest BCUT2D eigenvalue weighted by atomic mass is 32.2. The van der Waals surface area contributed by atoms with Crippen molar-refractivity contribution in [2.24, 2.45) is 0 Å². The highest BCUT2D eigenvalue weighted by Gasteiger charge is 2.37. The van der Waals surface area contributed by atoms with Crippen molar-refractivity contribution < 1.29 is 4.79 Å². The van der Waals surface area contributed by atoms with Crippen molar-refractivity contribution in [1.82, 2.24) is 9.88 Å². The number of hydrogen-bond acceptors (Lipinski definition) is 2. The van der Waals surface area contributed by atoms with Crippen LogP contribution >= 0.6 is 11.8 Å². The number of rotatable bonds is 2. The van der Waals surface area contributed by atoms with Crippen molar-refractivity contribution >= 4 is 28.6 Å². The van der Waals surface area contributed by atoms with Crippen LogP contribution in [0.2, 0.25) is 0 Å². The number of H-pyrrole nitrogens is 1. The molecular weight excluding hydrogens is 268 g/mol. The van der Waals surface area contributed by atoms with E-state index in [1.54, 1.807) is 4.90 Å². The molecule has 4 heteroatoms. The molecule has 1 aliphatic rings. The molecular formula is C16H20N2OS. The fourth-order valence-corrected chi connectivity index (χ4v) is 4.25. The number of nitrogens with zero attached hydrogens (tertiary/aromatic N) is 1. The number of nitrogens with one attached hydrogen (secondary N) is 1. The summed E-state index contributed by atoms with van der Waals surface area (Å²) in [6, 6.07) is 8.43. The Labute approximate surface area is 123 Å². The Hall–Kier alpha value is -1.42. The number of aromatic nitrogens is 1. The Kier molecular flexibility index (Phi) is 3.28. The van der Waals surface area contributed by atoms with Gasteiger partial charge in [0.15, 0.2) is 0 Å². The normalized spacial score (nSPS) is 21.8. The van der Waals surface area contributed by atoms with Gasteiger partial charge in [-0.25, -0.2) is 0 Å². The van der Waals surface area contributed by atoms with E-state index < -0.39 is 0 Å². The Morgan fingerprint density at radius 1 is 1.40 bits per heavy atom. The van der Waals surface area contributed by atoms with Gasteiger partial charge < -0.3 is 9.88 Å². The van der Waals surface area contributed by atoms with Gasteiger partial charge in [-0.05, 0) is 30.7 Å². The molecule has 1 atom stereocenters. The summed E-state index contributed by atoms with van der Waals surface area (Å²) in [5.41, 5.74) is 3.82. The highest BCUT2D eigenvalue weighted by molar-refractivity contribution is 8.00. The van der Waals surface area contributed by atoms with Crippen LogP contribution in [0.15, 0.2) is 24.3 Å². The Balaban J connectivity index is 2.07. The second kappa shape index (κ2) is 4.85. The molecule has 3 rings (SSSR count). The minimum atomic E-state index is -0.145. The summed E-state index contributed by atoms with van der Waals surface area (Å²) in [6.45, 7) is 2.19. The first kappa shape index (κ1) is 13.6. The van der Waals surface area contributed by atoms with Crippen LogP contribution < -0.4 is 0 Å². The van der Waals surface area contributed by atoms with Gasteiger partial charge in [0.25, 0.3) is 0 Å². The third kappa shape index (κ3) is 2.12. The van der Waals surface area contributed by atoms with Crippen molar-refractivity contribution in [3.8, 4) is 0 Å². The van der Waals surface area contributed by atoms with Crippen molar-refractivity contribution in [2.75, 3.05) is 19.8 Å². The number of aromatic amines is 1. The molecule has 1 N–H and O–H groups in total. The van der Waals surface area contributed by atoms with E-state index in [1.807, 2.05) is 25.9 Å². The number of amides is 1. The van der Waals surface area contributed by atoms with E-state index in [0.29, 0.717) is 6.42 Å². The summed E-state index contributed by atoms with van der Waals surface area (Å²) in [6.07, 6.45) is 1.63. The fourth-order valence-electron chi connectivity index (χ4n) is 2.95. The maximum atomic E-state index is 12.1. The van der Waals surface area contributed by atoms with Crippen LogP contribution in [0.3, 0.4) is 0 Å². The molecule has 1 amide bonds. The zero-order valence-electron chi connectivity index (χ0n) is 12.2. The lowest BCUT2D eigenvalue weighted by Crippen LogP contribution is -2.33. The summed E-state index contributed by atoms with van der Waals surface area (Å²) in [5, 5.41) is 1.31. The van der Waals surface area contributed by atoms with Crippen LogP contribution in [0.1, 0.15) is 24.6 Å². The van der Waals surface area contributed by atoms with E-state index in [9.17, 15) is 4.79 Å². The van der Waals surface area contributed by atoms with Gasteiger partial charge in [0, 0.05) is 37.1 Å². The zero-order chi connectivity index (χ0) is 14.3. The molecule has 0 spiro atoms. The molecule has 0 saturated heterocycles. The van der Waals surface area contributed by atoms with Gasteiger partial charge in [-0.15, -0.1) is 11.8 Å². The number of benzene rings is 1. The number of para-hydroxylation sites is 1. The Morgan fingerprint density at radius 2 is 2.15 bits per heavy atom. The number of carbonyl (C=O) groups excluding carboxylic acids is 1. The summed E-state index contributed by atoms with van der Waals surface area (Å²) in [5.74, 6) is 1.26. The zero-order valence-corrected chi connectivity index (χ0v) is 13.0. The van der Waals surface area contributed by atoms with Gasteiger partial charge in [0.1, 0.15) is 0 Å². The first-order valence-electron chi connectivity index (χ1n) is 6.95. The summed E-state index contributed by atoms with van der Waals surface area (Å²) >= 11 is 1.89. The molecule has 20 heavy (non-hydrogen) atoms. The summed E-state index contributed by atoms with van der Waals surface area (Å²) in [4.78, 5) is 17.4. The quantitative estimate of drug-likeness (QED) is 0.921. The fraction of sp³-hybridized carbons (Fsp3) is 0.438. The first-order chi connectivity index (χ1) is 9.51. The number of fused-ring (bicyclic) bond motifs is 3. The molecule has 0 aliphatic carbocycles. The molecule has 1 aromatic heterocycles. The van der Waals surface area contributed by atoms with Crippen molar-refractivity contribution in [3.63, 3.8) is 0 Å². The number of aryl methyl sites for hydroxylation is 1. The standard InChI is InChI=1S/C16H20N2OS/c1-16(10-14(19)18(2)3)15-12(8-9-20-16)11-6-4-5-7-13(11)17-15/h4-7,17H,8-10H2,1-3H3. The van der Waals surface area contributed by atoms with Crippen LogP contribution in [-0.2, 0) is 16.0 Å². The van der Waals surface area contributed by atoms with Crippen molar-refractivity contribution in [2.45, 2.75) is 24.5 Å². The molecule has 1 aliphatic heterocycles. The number of thioether (sulfide) groups is 1. The third-order valence-corrected chi connectivity index (χ3v) is 5.50. The topological polar surface area (TPSA) is 36.1 Å². The van der Waals surface area contributed by atoms with E-state index >= 15 is 0 Å². The second-order valence-electron chi connectivity index (χ2n) is 5.82. The van der Waals surface area contributed by atoms with Crippen LogP contribution in [-0.4, -0.2) is 35.6 Å². The molecule has 2 heterocycles. The molecule has 0 bridgehead atoms. The average molecular weight is 288 g/mol. The smallest absolute Gasteiger partial charge is 0.223 e. The third-order valence-electron chi connectivity index (χ3n) is 4.10. The van der Waals surface area contributed by atoms with Crippen LogP contribution in [0.4, 0.5) is 0 Å². The molecule has 0 radical (unpaired) electrons. The van der Waals surface area contributed by atoms with Crippen LogP contribution in [0.25, 0.3) is 10.9 Å². The monoisotopic (exact) mass is 288 g/mol. The molecule has 1 aromatic carbocycles. The Bertz CT molecular complexity index is 662. The maximum Gasteiger partial charge on any atom is 0.223 e. The molecule has 0 fully saturated rings. The molecule has 3 nitrogen and oxygen atoms in total. The number of hydrogen-bond donors (Lipinski definition) is 1. The average Bonchev–Trinajstić information content (AvgIpc) is 2.79. The van der Waals surface area contributed by atoms with Crippen LogP contribution in [0.5, 0.6) is 0 Å². The van der Waals surface area contributed by atoms with E-state index in [-0.39, 0.29) is 10.7 Å². The lowest BCUT2D eigenvalue weighted by Gasteiger charge is -2.33. The number of carbonyl (C=O) groups is 1. The second-order valence-corrected chi connectivity index (χ2v) is 7.42. The molecule has 2 aromatic rings. The van der Waals surface area contributed by atoms with E-state index in [0.717, 1.165) is 12.2 Å². The van der Waals surface area contributed by atoms with Crippen molar-refractivity contribution in [3.05, 3.63) is 35.5 Å². The summed E-state index contributed by atoms with van der Waals surface area (Å²) < 4.78 is -0.145. The van der Waals surface area contributed by atoms with Crippen molar-refractivity contribution in [1.29, 1.82) is 0 Å². The highest BCUT2D eigenvalue weighted by Crippen LogP contribution is 2.46. The first-order valence-corrected chi connectivity index (χ1v) is 7.94. The lowest BCUT2D eigenvalue weighted by atomic mass is 9.95. The molecule has 0 saturated carbocycles. The maximum absolute atomic E-state index is 12.1. The minimum absolute atomic E-state index is 0.145. The van der Waals surface area contributed by atoms with Gasteiger partial charge in [-0.2, -0.15) is 0 Å². The Morgan fingerprint density at radius 3 is 2.90 bits per heavy atom.